The molecule has 0 aliphatic heterocycles. The predicted molar refractivity (Wildman–Crippen MR) is 80.0 cm³/mol. The summed E-state index contributed by atoms with van der Waals surface area (Å²) in [6.45, 7) is 5.53. The number of anilines is 1. The SMILES string of the molecule is C=Cc1ccc(NC(=O)c2cc(OC)ncc2C)cc1. The van der Waals surface area contributed by atoms with Crippen molar-refractivity contribution in [2.24, 2.45) is 0 Å². The molecule has 4 nitrogen and oxygen atoms in total. The second-order valence-corrected chi connectivity index (χ2v) is 4.32. The Labute approximate surface area is 118 Å². The van der Waals surface area contributed by atoms with Crippen molar-refractivity contribution in [3.05, 3.63) is 59.8 Å². The standard InChI is InChI=1S/C16H16N2O2/c1-4-12-5-7-13(8-6-12)18-16(19)14-9-15(20-3)17-10-11(14)2/h4-10H,1H2,2-3H3,(H,18,19). The van der Waals surface area contributed by atoms with E-state index in [0.29, 0.717) is 11.4 Å². The summed E-state index contributed by atoms with van der Waals surface area (Å²) >= 11 is 0. The quantitative estimate of drug-likeness (QED) is 0.925. The number of pyridine rings is 1. The minimum atomic E-state index is -0.186. The normalized spacial score (nSPS) is 9.90. The van der Waals surface area contributed by atoms with Crippen LogP contribution in [0.25, 0.3) is 6.08 Å². The summed E-state index contributed by atoms with van der Waals surface area (Å²) < 4.78 is 5.04. The van der Waals surface area contributed by atoms with Gasteiger partial charge in [-0.1, -0.05) is 24.8 Å². The molecule has 0 bridgehead atoms. The van der Waals surface area contributed by atoms with Gasteiger partial charge in [-0.3, -0.25) is 4.79 Å². The summed E-state index contributed by atoms with van der Waals surface area (Å²) in [4.78, 5) is 16.3. The first-order valence-electron chi connectivity index (χ1n) is 6.18. The van der Waals surface area contributed by atoms with Gasteiger partial charge in [0.05, 0.1) is 7.11 Å². The first kappa shape index (κ1) is 13.8. The van der Waals surface area contributed by atoms with Gasteiger partial charge in [0.2, 0.25) is 5.88 Å². The van der Waals surface area contributed by atoms with E-state index in [9.17, 15) is 4.79 Å². The fourth-order valence-electron chi connectivity index (χ4n) is 1.76. The van der Waals surface area contributed by atoms with Crippen molar-refractivity contribution in [1.82, 2.24) is 4.98 Å². The maximum atomic E-state index is 12.2. The van der Waals surface area contributed by atoms with Crippen molar-refractivity contribution in [2.45, 2.75) is 6.92 Å². The number of amides is 1. The average molecular weight is 268 g/mol. The fourth-order valence-corrected chi connectivity index (χ4v) is 1.76. The van der Waals surface area contributed by atoms with Gasteiger partial charge in [0.15, 0.2) is 0 Å². The Bertz CT molecular complexity index is 633. The molecule has 0 aliphatic carbocycles. The van der Waals surface area contributed by atoms with Gasteiger partial charge in [0.1, 0.15) is 0 Å². The van der Waals surface area contributed by atoms with Crippen LogP contribution in [0.2, 0.25) is 0 Å². The highest BCUT2D eigenvalue weighted by molar-refractivity contribution is 6.05. The van der Waals surface area contributed by atoms with Gasteiger partial charge in [-0.25, -0.2) is 4.98 Å². The number of nitrogens with zero attached hydrogens (tertiary/aromatic N) is 1. The van der Waals surface area contributed by atoms with Gasteiger partial charge < -0.3 is 10.1 Å². The minimum Gasteiger partial charge on any atom is -0.481 e. The third kappa shape index (κ3) is 3.03. The molecule has 4 heteroatoms. The van der Waals surface area contributed by atoms with Gasteiger partial charge in [0, 0.05) is 23.5 Å². The van der Waals surface area contributed by atoms with E-state index in [1.165, 1.54) is 7.11 Å². The van der Waals surface area contributed by atoms with Crippen LogP contribution in [0.4, 0.5) is 5.69 Å². The molecule has 0 saturated heterocycles. The van der Waals surface area contributed by atoms with Crippen molar-refractivity contribution in [2.75, 3.05) is 12.4 Å². The maximum Gasteiger partial charge on any atom is 0.256 e. The van der Waals surface area contributed by atoms with Crippen LogP contribution in [0, 0.1) is 6.92 Å². The second kappa shape index (κ2) is 6.02. The molecular weight excluding hydrogens is 252 g/mol. The lowest BCUT2D eigenvalue weighted by molar-refractivity contribution is 0.102. The molecule has 0 fully saturated rings. The lowest BCUT2D eigenvalue weighted by Crippen LogP contribution is -2.13. The topological polar surface area (TPSA) is 51.2 Å². The van der Waals surface area contributed by atoms with Crippen molar-refractivity contribution in [1.29, 1.82) is 0 Å². The van der Waals surface area contributed by atoms with E-state index in [-0.39, 0.29) is 5.91 Å². The van der Waals surface area contributed by atoms with Gasteiger partial charge in [-0.15, -0.1) is 0 Å². The minimum absolute atomic E-state index is 0.186. The number of carbonyl (C=O) groups excluding carboxylic acids is 1. The molecule has 0 spiro atoms. The summed E-state index contributed by atoms with van der Waals surface area (Å²) in [5, 5.41) is 2.85. The molecule has 0 radical (unpaired) electrons. The van der Waals surface area contributed by atoms with E-state index >= 15 is 0 Å². The molecule has 102 valence electrons. The Hall–Kier alpha value is -2.62. The predicted octanol–water partition coefficient (Wildman–Crippen LogP) is 3.29. The molecule has 1 aromatic carbocycles. The Morgan fingerprint density at radius 2 is 2.05 bits per heavy atom. The largest absolute Gasteiger partial charge is 0.481 e. The van der Waals surface area contributed by atoms with Crippen LogP contribution in [0.1, 0.15) is 21.5 Å². The Morgan fingerprint density at radius 1 is 1.35 bits per heavy atom. The third-order valence-corrected chi connectivity index (χ3v) is 2.94. The number of rotatable bonds is 4. The number of ether oxygens (including phenoxy) is 1. The van der Waals surface area contributed by atoms with Crippen LogP contribution in [0.3, 0.4) is 0 Å². The number of hydrogen-bond donors (Lipinski definition) is 1. The lowest BCUT2D eigenvalue weighted by Gasteiger charge is -2.09. The monoisotopic (exact) mass is 268 g/mol. The van der Waals surface area contributed by atoms with Crippen molar-refractivity contribution < 1.29 is 9.53 Å². The van der Waals surface area contributed by atoms with E-state index in [1.807, 2.05) is 31.2 Å². The third-order valence-electron chi connectivity index (χ3n) is 2.94. The van der Waals surface area contributed by atoms with E-state index in [2.05, 4.69) is 16.9 Å². The molecule has 0 aliphatic rings. The molecule has 0 unspecified atom stereocenters. The zero-order chi connectivity index (χ0) is 14.5. The summed E-state index contributed by atoms with van der Waals surface area (Å²) in [7, 11) is 1.52. The van der Waals surface area contributed by atoms with Gasteiger partial charge in [-0.2, -0.15) is 0 Å². The van der Waals surface area contributed by atoms with E-state index < -0.39 is 0 Å². The summed E-state index contributed by atoms with van der Waals surface area (Å²) in [6.07, 6.45) is 3.37. The highest BCUT2D eigenvalue weighted by Crippen LogP contribution is 2.16. The van der Waals surface area contributed by atoms with Crippen molar-refractivity contribution >= 4 is 17.7 Å². The summed E-state index contributed by atoms with van der Waals surface area (Å²) in [5.74, 6) is 0.234. The molecule has 2 rings (SSSR count). The molecule has 1 aromatic heterocycles. The number of aromatic nitrogens is 1. The molecule has 1 amide bonds. The van der Waals surface area contributed by atoms with Crippen molar-refractivity contribution in [3.8, 4) is 5.88 Å². The summed E-state index contributed by atoms with van der Waals surface area (Å²) in [6, 6.07) is 9.08. The van der Waals surface area contributed by atoms with Gasteiger partial charge in [0.25, 0.3) is 5.91 Å². The number of hydrogen-bond acceptors (Lipinski definition) is 3. The number of carbonyl (C=O) groups is 1. The number of nitrogens with one attached hydrogen (secondary N) is 1. The second-order valence-electron chi connectivity index (χ2n) is 4.32. The molecule has 1 N–H and O–H groups in total. The van der Waals surface area contributed by atoms with E-state index in [1.54, 1.807) is 18.3 Å². The van der Waals surface area contributed by atoms with Gasteiger partial charge >= 0.3 is 0 Å². The smallest absolute Gasteiger partial charge is 0.256 e. The fraction of sp³-hybridized carbons (Fsp3) is 0.125. The van der Waals surface area contributed by atoms with Crippen LogP contribution in [-0.2, 0) is 0 Å². The zero-order valence-electron chi connectivity index (χ0n) is 11.5. The maximum absolute atomic E-state index is 12.2. The van der Waals surface area contributed by atoms with Crippen LogP contribution in [0.15, 0.2) is 43.1 Å². The first-order valence-corrected chi connectivity index (χ1v) is 6.18. The van der Waals surface area contributed by atoms with E-state index in [4.69, 9.17) is 4.74 Å². The average Bonchev–Trinajstić information content (AvgIpc) is 2.48. The van der Waals surface area contributed by atoms with Crippen LogP contribution < -0.4 is 10.1 Å². The molecule has 1 heterocycles. The number of benzene rings is 1. The Morgan fingerprint density at radius 3 is 2.65 bits per heavy atom. The molecular formula is C16H16N2O2. The first-order chi connectivity index (χ1) is 9.63. The van der Waals surface area contributed by atoms with Crippen LogP contribution >= 0.6 is 0 Å². The molecule has 20 heavy (non-hydrogen) atoms. The van der Waals surface area contributed by atoms with Gasteiger partial charge in [-0.05, 0) is 30.2 Å². The number of methoxy groups -OCH3 is 1. The van der Waals surface area contributed by atoms with Crippen LogP contribution in [0.5, 0.6) is 5.88 Å². The van der Waals surface area contributed by atoms with E-state index in [0.717, 1.165) is 16.8 Å². The van der Waals surface area contributed by atoms with Crippen LogP contribution in [-0.4, -0.2) is 18.0 Å². The molecule has 2 aromatic rings. The highest BCUT2D eigenvalue weighted by atomic mass is 16.5. The highest BCUT2D eigenvalue weighted by Gasteiger charge is 2.11. The Kier molecular flexibility index (Phi) is 4.15. The zero-order valence-corrected chi connectivity index (χ0v) is 11.5. The molecule has 0 atom stereocenters. The van der Waals surface area contributed by atoms with Crippen molar-refractivity contribution in [3.63, 3.8) is 0 Å². The summed E-state index contributed by atoms with van der Waals surface area (Å²) in [5.41, 5.74) is 3.08. The Balaban J connectivity index is 2.20. The number of aryl methyl sites for hydroxylation is 1. The molecule has 0 saturated carbocycles. The lowest BCUT2D eigenvalue weighted by atomic mass is 10.1.